The molecule has 0 saturated heterocycles. The summed E-state index contributed by atoms with van der Waals surface area (Å²) in [6, 6.07) is 7.90. The minimum absolute atomic E-state index is 0.0460. The lowest BCUT2D eigenvalue weighted by Gasteiger charge is -2.23. The molecule has 0 saturated carbocycles. The maximum absolute atomic E-state index is 12.3. The van der Waals surface area contributed by atoms with Gasteiger partial charge in [-0.05, 0) is 31.0 Å². The van der Waals surface area contributed by atoms with Crippen molar-refractivity contribution in [3.63, 3.8) is 0 Å². The highest BCUT2D eigenvalue weighted by atomic mass is 16.1. The number of carbonyl (C=O) groups excluding carboxylic acids is 1. The molecule has 4 nitrogen and oxygen atoms in total. The summed E-state index contributed by atoms with van der Waals surface area (Å²) in [5.41, 5.74) is 3.18. The van der Waals surface area contributed by atoms with Crippen LogP contribution in [-0.4, -0.2) is 15.5 Å². The highest BCUT2D eigenvalue weighted by molar-refractivity contribution is 5.92. The van der Waals surface area contributed by atoms with Gasteiger partial charge in [0, 0.05) is 36.5 Å². The minimum Gasteiger partial charge on any atom is -0.335 e. The van der Waals surface area contributed by atoms with E-state index in [1.807, 2.05) is 43.7 Å². The fourth-order valence-corrected chi connectivity index (χ4v) is 2.56. The average molecular weight is 255 g/mol. The first-order chi connectivity index (χ1) is 9.22. The van der Waals surface area contributed by atoms with Crippen LogP contribution in [0.3, 0.4) is 0 Å². The second-order valence-corrected chi connectivity index (χ2v) is 5.13. The number of fused-ring (bicyclic) bond motifs is 1. The number of anilines is 1. The van der Waals surface area contributed by atoms with E-state index < -0.39 is 0 Å². The molecular formula is C15H17N3O. The minimum atomic E-state index is 0.0460. The Bertz CT molecular complexity index is 603. The molecule has 1 N–H and O–H groups in total. The van der Waals surface area contributed by atoms with Gasteiger partial charge in [0.25, 0.3) is 0 Å². The SMILES string of the molecule is Cc1cccc(NC(=O)C2CCn3cncc3C2)c1. The first-order valence-corrected chi connectivity index (χ1v) is 6.59. The molecule has 0 spiro atoms. The molecule has 0 bridgehead atoms. The molecule has 2 heterocycles. The molecule has 1 unspecified atom stereocenters. The first kappa shape index (κ1) is 12.0. The van der Waals surface area contributed by atoms with Gasteiger partial charge in [0.15, 0.2) is 0 Å². The summed E-state index contributed by atoms with van der Waals surface area (Å²) in [5.74, 6) is 0.155. The maximum Gasteiger partial charge on any atom is 0.227 e. The Morgan fingerprint density at radius 3 is 3.21 bits per heavy atom. The Hall–Kier alpha value is -2.10. The Morgan fingerprint density at radius 1 is 1.47 bits per heavy atom. The summed E-state index contributed by atoms with van der Waals surface area (Å²) < 4.78 is 2.12. The van der Waals surface area contributed by atoms with Crippen LogP contribution < -0.4 is 5.32 Å². The van der Waals surface area contributed by atoms with Crippen LogP contribution in [0.4, 0.5) is 5.69 Å². The van der Waals surface area contributed by atoms with Crippen LogP contribution in [-0.2, 0) is 17.8 Å². The predicted molar refractivity (Wildman–Crippen MR) is 73.8 cm³/mol. The molecule has 1 aliphatic rings. The zero-order chi connectivity index (χ0) is 13.2. The summed E-state index contributed by atoms with van der Waals surface area (Å²) in [6.07, 6.45) is 5.34. The number of rotatable bonds is 2. The molecule has 3 rings (SSSR count). The van der Waals surface area contributed by atoms with E-state index in [2.05, 4.69) is 14.9 Å². The molecule has 1 amide bonds. The van der Waals surface area contributed by atoms with E-state index in [9.17, 15) is 4.79 Å². The summed E-state index contributed by atoms with van der Waals surface area (Å²) in [7, 11) is 0. The van der Waals surface area contributed by atoms with Crippen LogP contribution in [0.2, 0.25) is 0 Å². The number of aromatic nitrogens is 2. The molecule has 0 radical (unpaired) electrons. The average Bonchev–Trinajstić information content (AvgIpc) is 2.85. The molecule has 1 aromatic heterocycles. The molecule has 98 valence electrons. The first-order valence-electron chi connectivity index (χ1n) is 6.59. The number of benzene rings is 1. The van der Waals surface area contributed by atoms with Crippen LogP contribution in [0.1, 0.15) is 17.7 Å². The number of nitrogens with one attached hydrogen (secondary N) is 1. The van der Waals surface area contributed by atoms with Gasteiger partial charge in [-0.2, -0.15) is 0 Å². The van der Waals surface area contributed by atoms with E-state index in [-0.39, 0.29) is 11.8 Å². The topological polar surface area (TPSA) is 46.9 Å². The number of nitrogens with zero attached hydrogens (tertiary/aromatic N) is 2. The molecule has 0 fully saturated rings. The van der Waals surface area contributed by atoms with Gasteiger partial charge in [0.2, 0.25) is 5.91 Å². The monoisotopic (exact) mass is 255 g/mol. The zero-order valence-corrected chi connectivity index (χ0v) is 11.0. The van der Waals surface area contributed by atoms with Gasteiger partial charge >= 0.3 is 0 Å². The number of amides is 1. The van der Waals surface area contributed by atoms with Crippen molar-refractivity contribution in [1.29, 1.82) is 0 Å². The molecule has 1 atom stereocenters. The number of aryl methyl sites for hydroxylation is 2. The Morgan fingerprint density at radius 2 is 2.37 bits per heavy atom. The van der Waals surface area contributed by atoms with Gasteiger partial charge in [-0.1, -0.05) is 12.1 Å². The van der Waals surface area contributed by atoms with E-state index in [1.54, 1.807) is 0 Å². The number of hydrogen-bond acceptors (Lipinski definition) is 2. The van der Waals surface area contributed by atoms with Gasteiger partial charge in [0.05, 0.1) is 6.33 Å². The lowest BCUT2D eigenvalue weighted by atomic mass is 9.95. The van der Waals surface area contributed by atoms with Crippen LogP contribution in [0.25, 0.3) is 0 Å². The fourth-order valence-electron chi connectivity index (χ4n) is 2.56. The fraction of sp³-hybridized carbons (Fsp3) is 0.333. The van der Waals surface area contributed by atoms with Gasteiger partial charge in [-0.25, -0.2) is 4.98 Å². The normalized spacial score (nSPS) is 17.8. The second-order valence-electron chi connectivity index (χ2n) is 5.13. The standard InChI is InChI=1S/C15H17N3O/c1-11-3-2-4-13(7-11)17-15(19)12-5-6-18-10-16-9-14(18)8-12/h2-4,7,9-10,12H,5-6,8H2,1H3,(H,17,19). The van der Waals surface area contributed by atoms with E-state index in [1.165, 1.54) is 0 Å². The molecule has 0 aliphatic carbocycles. The van der Waals surface area contributed by atoms with Crippen LogP contribution >= 0.6 is 0 Å². The molecule has 1 aliphatic heterocycles. The van der Waals surface area contributed by atoms with Crippen molar-refractivity contribution in [2.75, 3.05) is 5.32 Å². The van der Waals surface area contributed by atoms with Gasteiger partial charge in [-0.15, -0.1) is 0 Å². The molecule has 1 aromatic carbocycles. The van der Waals surface area contributed by atoms with Crippen molar-refractivity contribution >= 4 is 11.6 Å². The van der Waals surface area contributed by atoms with Crippen LogP contribution in [0, 0.1) is 12.8 Å². The summed E-state index contributed by atoms with van der Waals surface area (Å²) in [5, 5.41) is 3.01. The van der Waals surface area contributed by atoms with Gasteiger partial charge < -0.3 is 9.88 Å². The van der Waals surface area contributed by atoms with E-state index in [4.69, 9.17) is 0 Å². The van der Waals surface area contributed by atoms with Crippen molar-refractivity contribution in [2.45, 2.75) is 26.3 Å². The summed E-state index contributed by atoms with van der Waals surface area (Å²) in [4.78, 5) is 16.4. The summed E-state index contributed by atoms with van der Waals surface area (Å²) >= 11 is 0. The molecule has 2 aromatic rings. The lowest BCUT2D eigenvalue weighted by Crippen LogP contribution is -2.29. The molecule has 4 heteroatoms. The summed E-state index contributed by atoms with van der Waals surface area (Å²) in [6.45, 7) is 2.90. The maximum atomic E-state index is 12.3. The van der Waals surface area contributed by atoms with Crippen LogP contribution in [0.5, 0.6) is 0 Å². The zero-order valence-electron chi connectivity index (χ0n) is 11.0. The molecule has 19 heavy (non-hydrogen) atoms. The Labute approximate surface area is 112 Å². The lowest BCUT2D eigenvalue weighted by molar-refractivity contribution is -0.120. The van der Waals surface area contributed by atoms with Crippen molar-refractivity contribution < 1.29 is 4.79 Å². The smallest absolute Gasteiger partial charge is 0.227 e. The van der Waals surface area contributed by atoms with Crippen molar-refractivity contribution in [3.05, 3.63) is 48.0 Å². The van der Waals surface area contributed by atoms with E-state index in [0.29, 0.717) is 0 Å². The number of hydrogen-bond donors (Lipinski definition) is 1. The third-order valence-electron chi connectivity index (χ3n) is 3.63. The van der Waals surface area contributed by atoms with Gasteiger partial charge in [-0.3, -0.25) is 4.79 Å². The van der Waals surface area contributed by atoms with Gasteiger partial charge in [0.1, 0.15) is 0 Å². The second kappa shape index (κ2) is 4.88. The van der Waals surface area contributed by atoms with Crippen molar-refractivity contribution in [2.24, 2.45) is 5.92 Å². The van der Waals surface area contributed by atoms with Crippen molar-refractivity contribution in [3.8, 4) is 0 Å². The van der Waals surface area contributed by atoms with Crippen molar-refractivity contribution in [1.82, 2.24) is 9.55 Å². The van der Waals surface area contributed by atoms with E-state index in [0.717, 1.165) is 36.3 Å². The molecular weight excluding hydrogens is 238 g/mol. The van der Waals surface area contributed by atoms with E-state index >= 15 is 0 Å². The number of carbonyl (C=O) groups is 1. The highest BCUT2D eigenvalue weighted by Crippen LogP contribution is 2.21. The Balaban J connectivity index is 1.69. The van der Waals surface area contributed by atoms with Crippen LogP contribution in [0.15, 0.2) is 36.8 Å². The predicted octanol–water partition coefficient (Wildman–Crippen LogP) is 2.39. The highest BCUT2D eigenvalue weighted by Gasteiger charge is 2.24. The third-order valence-corrected chi connectivity index (χ3v) is 3.63. The number of imidazole rings is 1. The third kappa shape index (κ3) is 2.52. The largest absolute Gasteiger partial charge is 0.335 e. The Kier molecular flexibility index (Phi) is 3.07. The quantitative estimate of drug-likeness (QED) is 0.895.